The van der Waals surface area contributed by atoms with Gasteiger partial charge >= 0.3 is 0 Å². The van der Waals surface area contributed by atoms with Crippen LogP contribution in [-0.4, -0.2) is 43.6 Å². The van der Waals surface area contributed by atoms with Crippen LogP contribution >= 0.6 is 12.4 Å². The smallest absolute Gasteiger partial charge is 0.238 e. The molecule has 1 aliphatic rings. The number of likely N-dealkylation sites (tertiary alicyclic amines) is 1. The molecule has 0 aliphatic carbocycles. The van der Waals surface area contributed by atoms with E-state index in [1.807, 2.05) is 24.3 Å². The number of anilines is 1. The number of carbonyl (C=O) groups excluding carboxylic acids is 1. The number of amides is 1. The number of halogens is 1. The number of methoxy groups -OCH3 is 1. The second-order valence-corrected chi connectivity index (χ2v) is 5.47. The highest BCUT2D eigenvalue weighted by Crippen LogP contribution is 2.19. The molecule has 2 rings (SSSR count). The van der Waals surface area contributed by atoms with Crippen molar-refractivity contribution in [2.75, 3.05) is 32.1 Å². The topological polar surface area (TPSA) is 67.6 Å². The monoisotopic (exact) mass is 327 g/mol. The van der Waals surface area contributed by atoms with Crippen LogP contribution in [-0.2, 0) is 4.79 Å². The SMILES string of the molecule is COc1ccc(NC(=O)CN2CCCCC2CCN)cc1.Cl. The van der Waals surface area contributed by atoms with Gasteiger partial charge in [-0.3, -0.25) is 9.69 Å². The molecule has 0 saturated carbocycles. The summed E-state index contributed by atoms with van der Waals surface area (Å²) in [4.78, 5) is 14.4. The van der Waals surface area contributed by atoms with Crippen LogP contribution in [0.25, 0.3) is 0 Å². The van der Waals surface area contributed by atoms with E-state index < -0.39 is 0 Å². The molecule has 0 bridgehead atoms. The Morgan fingerprint density at radius 2 is 2.09 bits per heavy atom. The zero-order valence-corrected chi connectivity index (χ0v) is 13.9. The molecule has 1 aliphatic heterocycles. The number of ether oxygens (including phenoxy) is 1. The van der Waals surface area contributed by atoms with Gasteiger partial charge in [0, 0.05) is 11.7 Å². The number of nitrogens with zero attached hydrogens (tertiary/aromatic N) is 1. The normalized spacial score (nSPS) is 18.4. The maximum atomic E-state index is 12.2. The molecule has 0 radical (unpaired) electrons. The largest absolute Gasteiger partial charge is 0.497 e. The maximum absolute atomic E-state index is 12.2. The molecule has 3 N–H and O–H groups in total. The van der Waals surface area contributed by atoms with E-state index in [9.17, 15) is 4.79 Å². The van der Waals surface area contributed by atoms with Crippen molar-refractivity contribution >= 4 is 24.0 Å². The van der Waals surface area contributed by atoms with Gasteiger partial charge in [-0.15, -0.1) is 12.4 Å². The van der Waals surface area contributed by atoms with Gasteiger partial charge in [-0.25, -0.2) is 0 Å². The van der Waals surface area contributed by atoms with Gasteiger partial charge in [-0.1, -0.05) is 6.42 Å². The lowest BCUT2D eigenvalue weighted by atomic mass is 9.99. The summed E-state index contributed by atoms with van der Waals surface area (Å²) in [7, 11) is 1.63. The van der Waals surface area contributed by atoms with E-state index in [0.29, 0.717) is 19.1 Å². The molecule has 5 nitrogen and oxygen atoms in total. The minimum atomic E-state index is 0. The highest BCUT2D eigenvalue weighted by molar-refractivity contribution is 5.92. The summed E-state index contributed by atoms with van der Waals surface area (Å²) in [6.45, 7) is 2.11. The Balaban J connectivity index is 0.00000242. The minimum absolute atomic E-state index is 0. The first-order chi connectivity index (χ1) is 10.2. The molecule has 1 atom stereocenters. The zero-order valence-electron chi connectivity index (χ0n) is 13.1. The van der Waals surface area contributed by atoms with Crippen molar-refractivity contribution < 1.29 is 9.53 Å². The van der Waals surface area contributed by atoms with E-state index in [2.05, 4.69) is 10.2 Å². The van der Waals surface area contributed by atoms with Gasteiger partial charge in [0.05, 0.1) is 13.7 Å². The summed E-state index contributed by atoms with van der Waals surface area (Å²) in [6.07, 6.45) is 4.51. The average Bonchev–Trinajstić information content (AvgIpc) is 2.50. The molecule has 1 heterocycles. The summed E-state index contributed by atoms with van der Waals surface area (Å²) in [5, 5.41) is 2.94. The molecule has 1 aromatic rings. The number of benzene rings is 1. The van der Waals surface area contributed by atoms with Gasteiger partial charge in [0.15, 0.2) is 0 Å². The molecular weight excluding hydrogens is 302 g/mol. The predicted molar refractivity (Wildman–Crippen MR) is 91.8 cm³/mol. The molecule has 1 fully saturated rings. The van der Waals surface area contributed by atoms with E-state index in [1.54, 1.807) is 7.11 Å². The van der Waals surface area contributed by atoms with Crippen molar-refractivity contribution in [1.29, 1.82) is 0 Å². The highest BCUT2D eigenvalue weighted by atomic mass is 35.5. The number of hydrogen-bond acceptors (Lipinski definition) is 4. The fraction of sp³-hybridized carbons (Fsp3) is 0.562. The maximum Gasteiger partial charge on any atom is 0.238 e. The van der Waals surface area contributed by atoms with Crippen LogP contribution in [0.5, 0.6) is 5.75 Å². The zero-order chi connectivity index (χ0) is 15.1. The van der Waals surface area contributed by atoms with E-state index in [4.69, 9.17) is 10.5 Å². The van der Waals surface area contributed by atoms with Gasteiger partial charge in [0.2, 0.25) is 5.91 Å². The lowest BCUT2D eigenvalue weighted by molar-refractivity contribution is -0.118. The molecule has 0 spiro atoms. The molecule has 124 valence electrons. The minimum Gasteiger partial charge on any atom is -0.497 e. The van der Waals surface area contributed by atoms with E-state index in [-0.39, 0.29) is 18.3 Å². The Bertz CT molecular complexity index is 451. The first-order valence-corrected chi connectivity index (χ1v) is 7.61. The van der Waals surface area contributed by atoms with Crippen LogP contribution in [0.3, 0.4) is 0 Å². The van der Waals surface area contributed by atoms with Crippen LogP contribution in [0.4, 0.5) is 5.69 Å². The van der Waals surface area contributed by atoms with Crippen LogP contribution in [0.15, 0.2) is 24.3 Å². The van der Waals surface area contributed by atoms with E-state index >= 15 is 0 Å². The van der Waals surface area contributed by atoms with Crippen molar-refractivity contribution in [3.8, 4) is 5.75 Å². The first-order valence-electron chi connectivity index (χ1n) is 7.61. The lowest BCUT2D eigenvalue weighted by Crippen LogP contribution is -2.44. The highest BCUT2D eigenvalue weighted by Gasteiger charge is 2.23. The Hall–Kier alpha value is -1.30. The van der Waals surface area contributed by atoms with Crippen LogP contribution < -0.4 is 15.8 Å². The standard InChI is InChI=1S/C16H25N3O2.ClH/c1-21-15-7-5-13(6-8-15)18-16(20)12-19-11-3-2-4-14(19)9-10-17;/h5-8,14H,2-4,9-12,17H2,1H3,(H,18,20);1H. The van der Waals surface area contributed by atoms with Crippen molar-refractivity contribution in [2.45, 2.75) is 31.7 Å². The molecule has 1 saturated heterocycles. The third-order valence-electron chi connectivity index (χ3n) is 3.97. The van der Waals surface area contributed by atoms with Crippen molar-refractivity contribution in [3.63, 3.8) is 0 Å². The van der Waals surface area contributed by atoms with Gasteiger partial charge in [-0.2, -0.15) is 0 Å². The molecule has 0 aromatic heterocycles. The van der Waals surface area contributed by atoms with Crippen LogP contribution in [0.1, 0.15) is 25.7 Å². The van der Waals surface area contributed by atoms with Crippen molar-refractivity contribution in [1.82, 2.24) is 4.90 Å². The van der Waals surface area contributed by atoms with E-state index in [1.165, 1.54) is 6.42 Å². The quantitative estimate of drug-likeness (QED) is 0.841. The second kappa shape index (κ2) is 9.66. The molecule has 6 heteroatoms. The van der Waals surface area contributed by atoms with Crippen molar-refractivity contribution in [3.05, 3.63) is 24.3 Å². The molecular formula is C16H26ClN3O2. The number of nitrogens with one attached hydrogen (secondary N) is 1. The summed E-state index contributed by atoms with van der Waals surface area (Å²) in [6, 6.07) is 7.83. The van der Waals surface area contributed by atoms with Gasteiger partial charge in [-0.05, 0) is 56.6 Å². The van der Waals surface area contributed by atoms with E-state index in [0.717, 1.165) is 37.2 Å². The van der Waals surface area contributed by atoms with Crippen molar-refractivity contribution in [2.24, 2.45) is 5.73 Å². The fourth-order valence-electron chi connectivity index (χ4n) is 2.85. The third kappa shape index (κ3) is 5.48. The number of hydrogen-bond donors (Lipinski definition) is 2. The number of nitrogens with two attached hydrogens (primary N) is 1. The van der Waals surface area contributed by atoms with Gasteiger partial charge in [0.1, 0.15) is 5.75 Å². The summed E-state index contributed by atoms with van der Waals surface area (Å²) in [5.41, 5.74) is 6.46. The third-order valence-corrected chi connectivity index (χ3v) is 3.97. The molecule has 1 amide bonds. The lowest BCUT2D eigenvalue weighted by Gasteiger charge is -2.35. The Kier molecular flexibility index (Phi) is 8.24. The molecule has 1 unspecified atom stereocenters. The fourth-order valence-corrected chi connectivity index (χ4v) is 2.85. The molecule has 1 aromatic carbocycles. The van der Waals surface area contributed by atoms with Crippen LogP contribution in [0, 0.1) is 0 Å². The first kappa shape index (κ1) is 18.7. The number of rotatable bonds is 6. The van der Waals surface area contributed by atoms with Gasteiger partial charge < -0.3 is 15.8 Å². The van der Waals surface area contributed by atoms with Gasteiger partial charge in [0.25, 0.3) is 0 Å². The van der Waals surface area contributed by atoms with Crippen LogP contribution in [0.2, 0.25) is 0 Å². The Morgan fingerprint density at radius 3 is 2.73 bits per heavy atom. The Morgan fingerprint density at radius 1 is 1.36 bits per heavy atom. The predicted octanol–water partition coefficient (Wildman–Crippen LogP) is 2.26. The summed E-state index contributed by atoms with van der Waals surface area (Å²) >= 11 is 0. The summed E-state index contributed by atoms with van der Waals surface area (Å²) < 4.78 is 5.10. The second-order valence-electron chi connectivity index (χ2n) is 5.47. The summed E-state index contributed by atoms with van der Waals surface area (Å²) in [5.74, 6) is 0.816. The number of carbonyl (C=O) groups is 1. The molecule has 22 heavy (non-hydrogen) atoms. The number of piperidine rings is 1. The Labute approximate surface area is 138 Å². The average molecular weight is 328 g/mol.